The van der Waals surface area contributed by atoms with Crippen LogP contribution in [0.25, 0.3) is 11.1 Å². The first-order valence-corrected chi connectivity index (χ1v) is 8.15. The molecule has 0 bridgehead atoms. The first kappa shape index (κ1) is 19.8. The molecule has 0 aliphatic heterocycles. The number of carboxylic acid groups (broad SMARTS) is 1. The van der Waals surface area contributed by atoms with E-state index in [1.165, 1.54) is 25.2 Å². The standard InChI is InChI=1S/C19H20F3NO3/c1-3-8-15(18(24)25)23(2)26-16-12-7-11-14(17(16)19(20,21)22)13-9-5-4-6-10-13/h4-7,9-12,15H,3,8H2,1-2H3,(H,24,25). The van der Waals surface area contributed by atoms with E-state index in [-0.39, 0.29) is 12.0 Å². The molecule has 1 N–H and O–H groups in total. The minimum absolute atomic E-state index is 0.0219. The van der Waals surface area contributed by atoms with Crippen LogP contribution in [0.3, 0.4) is 0 Å². The van der Waals surface area contributed by atoms with Gasteiger partial charge in [0, 0.05) is 7.05 Å². The second kappa shape index (κ2) is 8.23. The van der Waals surface area contributed by atoms with Crippen molar-refractivity contribution in [1.29, 1.82) is 0 Å². The van der Waals surface area contributed by atoms with Crippen molar-refractivity contribution in [3.05, 3.63) is 54.1 Å². The van der Waals surface area contributed by atoms with Crippen LogP contribution >= 0.6 is 0 Å². The molecule has 2 rings (SSSR count). The van der Waals surface area contributed by atoms with Gasteiger partial charge in [0.05, 0.1) is 0 Å². The number of hydrogen-bond donors (Lipinski definition) is 1. The average Bonchev–Trinajstić information content (AvgIpc) is 2.58. The smallest absolute Gasteiger partial charge is 0.420 e. The van der Waals surface area contributed by atoms with Crippen molar-refractivity contribution in [3.8, 4) is 16.9 Å². The van der Waals surface area contributed by atoms with Crippen LogP contribution in [0.15, 0.2) is 48.5 Å². The van der Waals surface area contributed by atoms with Crippen LogP contribution in [0.4, 0.5) is 13.2 Å². The van der Waals surface area contributed by atoms with Crippen LogP contribution < -0.4 is 4.84 Å². The monoisotopic (exact) mass is 367 g/mol. The summed E-state index contributed by atoms with van der Waals surface area (Å²) in [5.74, 6) is -1.58. The number of hydroxylamine groups is 2. The Kier molecular flexibility index (Phi) is 6.26. The average molecular weight is 367 g/mol. The molecule has 0 fully saturated rings. The number of alkyl halides is 3. The molecule has 1 unspecified atom stereocenters. The molecule has 4 nitrogen and oxygen atoms in total. The number of halogens is 3. The van der Waals surface area contributed by atoms with Gasteiger partial charge in [-0.2, -0.15) is 13.2 Å². The number of likely N-dealkylation sites (N-methyl/N-ethyl adjacent to an activating group) is 1. The fourth-order valence-electron chi connectivity index (χ4n) is 2.71. The Morgan fingerprint density at radius 3 is 2.35 bits per heavy atom. The Hall–Kier alpha value is -2.54. The predicted molar refractivity (Wildman–Crippen MR) is 91.6 cm³/mol. The number of carbonyl (C=O) groups is 1. The molecule has 0 heterocycles. The van der Waals surface area contributed by atoms with E-state index in [1.54, 1.807) is 37.3 Å². The minimum Gasteiger partial charge on any atom is -0.480 e. The number of benzene rings is 2. The van der Waals surface area contributed by atoms with Crippen molar-refractivity contribution in [2.75, 3.05) is 7.05 Å². The van der Waals surface area contributed by atoms with Gasteiger partial charge in [0.25, 0.3) is 0 Å². The van der Waals surface area contributed by atoms with Crippen LogP contribution in [0.2, 0.25) is 0 Å². The summed E-state index contributed by atoms with van der Waals surface area (Å²) >= 11 is 0. The summed E-state index contributed by atoms with van der Waals surface area (Å²) in [6.07, 6.45) is -3.85. The van der Waals surface area contributed by atoms with Gasteiger partial charge in [-0.15, -0.1) is 5.06 Å². The van der Waals surface area contributed by atoms with E-state index in [4.69, 9.17) is 4.84 Å². The Balaban J connectivity index is 2.47. The maximum atomic E-state index is 13.7. The Morgan fingerprint density at radius 2 is 1.81 bits per heavy atom. The van der Waals surface area contributed by atoms with Gasteiger partial charge in [-0.3, -0.25) is 4.79 Å². The molecule has 0 aliphatic carbocycles. The van der Waals surface area contributed by atoms with E-state index >= 15 is 0 Å². The van der Waals surface area contributed by atoms with Crippen molar-refractivity contribution in [3.63, 3.8) is 0 Å². The summed E-state index contributed by atoms with van der Waals surface area (Å²) in [7, 11) is 1.32. The summed E-state index contributed by atoms with van der Waals surface area (Å²) in [4.78, 5) is 16.7. The lowest BCUT2D eigenvalue weighted by Gasteiger charge is -2.26. The summed E-state index contributed by atoms with van der Waals surface area (Å²) in [5, 5.41) is 10.2. The van der Waals surface area contributed by atoms with Crippen molar-refractivity contribution >= 4 is 5.97 Å². The summed E-state index contributed by atoms with van der Waals surface area (Å²) in [6, 6.07) is 11.1. The molecule has 0 saturated heterocycles. The Morgan fingerprint density at radius 1 is 1.15 bits per heavy atom. The van der Waals surface area contributed by atoms with Crippen molar-refractivity contribution in [2.24, 2.45) is 0 Å². The molecular formula is C19H20F3NO3. The highest BCUT2D eigenvalue weighted by atomic mass is 19.4. The topological polar surface area (TPSA) is 49.8 Å². The number of aliphatic carboxylic acids is 1. The van der Waals surface area contributed by atoms with E-state index in [1.807, 2.05) is 0 Å². The summed E-state index contributed by atoms with van der Waals surface area (Å²) < 4.78 is 41.2. The van der Waals surface area contributed by atoms with Gasteiger partial charge in [0.1, 0.15) is 11.6 Å². The van der Waals surface area contributed by atoms with Gasteiger partial charge in [0.15, 0.2) is 5.75 Å². The van der Waals surface area contributed by atoms with Crippen LogP contribution in [0, 0.1) is 0 Å². The number of hydrogen-bond acceptors (Lipinski definition) is 3. The van der Waals surface area contributed by atoms with Gasteiger partial charge >= 0.3 is 12.1 Å². The highest BCUT2D eigenvalue weighted by molar-refractivity contribution is 5.73. The fraction of sp³-hybridized carbons (Fsp3) is 0.316. The first-order chi connectivity index (χ1) is 12.3. The van der Waals surface area contributed by atoms with E-state index < -0.39 is 29.5 Å². The molecule has 2 aromatic carbocycles. The molecule has 7 heteroatoms. The molecule has 26 heavy (non-hydrogen) atoms. The van der Waals surface area contributed by atoms with Crippen molar-refractivity contribution in [1.82, 2.24) is 5.06 Å². The van der Waals surface area contributed by atoms with E-state index in [9.17, 15) is 23.1 Å². The lowest BCUT2D eigenvalue weighted by atomic mass is 9.98. The third-order valence-electron chi connectivity index (χ3n) is 3.92. The number of rotatable bonds is 7. The maximum Gasteiger partial charge on any atom is 0.420 e. The zero-order valence-electron chi connectivity index (χ0n) is 14.5. The van der Waals surface area contributed by atoms with Gasteiger partial charge in [-0.1, -0.05) is 55.8 Å². The highest BCUT2D eigenvalue weighted by Gasteiger charge is 2.38. The lowest BCUT2D eigenvalue weighted by Crippen LogP contribution is -2.40. The Labute approximate surface area is 149 Å². The molecular weight excluding hydrogens is 347 g/mol. The molecule has 0 spiro atoms. The van der Waals surface area contributed by atoms with Gasteiger partial charge in [-0.05, 0) is 23.6 Å². The number of nitrogens with zero attached hydrogens (tertiary/aromatic N) is 1. The first-order valence-electron chi connectivity index (χ1n) is 8.15. The minimum atomic E-state index is -4.66. The lowest BCUT2D eigenvalue weighted by molar-refractivity contribution is -0.160. The molecule has 2 aromatic rings. The fourth-order valence-corrected chi connectivity index (χ4v) is 2.71. The van der Waals surface area contributed by atoms with Crippen molar-refractivity contribution < 1.29 is 27.9 Å². The molecule has 1 atom stereocenters. The second-order valence-electron chi connectivity index (χ2n) is 5.82. The molecule has 0 aromatic heterocycles. The Bertz CT molecular complexity index is 747. The SMILES string of the molecule is CCCC(C(=O)O)N(C)Oc1cccc(-c2ccccc2)c1C(F)(F)F. The number of carboxylic acids is 1. The quantitative estimate of drug-likeness (QED) is 0.711. The predicted octanol–water partition coefficient (Wildman–Crippen LogP) is 4.85. The molecule has 0 amide bonds. The molecule has 0 radical (unpaired) electrons. The van der Waals surface area contributed by atoms with Crippen LogP contribution in [-0.4, -0.2) is 29.2 Å². The summed E-state index contributed by atoms with van der Waals surface area (Å²) in [6.45, 7) is 1.79. The van der Waals surface area contributed by atoms with E-state index in [0.29, 0.717) is 12.0 Å². The molecule has 140 valence electrons. The molecule has 0 aliphatic rings. The van der Waals surface area contributed by atoms with Gasteiger partial charge in [0.2, 0.25) is 0 Å². The zero-order chi connectivity index (χ0) is 19.3. The maximum absolute atomic E-state index is 13.7. The van der Waals surface area contributed by atoms with Crippen LogP contribution in [0.5, 0.6) is 5.75 Å². The van der Waals surface area contributed by atoms with Gasteiger partial charge in [-0.25, -0.2) is 0 Å². The van der Waals surface area contributed by atoms with Crippen LogP contribution in [-0.2, 0) is 11.0 Å². The zero-order valence-corrected chi connectivity index (χ0v) is 14.5. The summed E-state index contributed by atoms with van der Waals surface area (Å²) in [5.41, 5.74) is -0.554. The second-order valence-corrected chi connectivity index (χ2v) is 5.82. The van der Waals surface area contributed by atoms with Crippen molar-refractivity contribution in [2.45, 2.75) is 32.0 Å². The highest BCUT2D eigenvalue weighted by Crippen LogP contribution is 2.43. The van der Waals surface area contributed by atoms with E-state index in [2.05, 4.69) is 0 Å². The molecule has 0 saturated carbocycles. The van der Waals surface area contributed by atoms with Gasteiger partial charge < -0.3 is 9.94 Å². The third kappa shape index (κ3) is 4.54. The largest absolute Gasteiger partial charge is 0.480 e. The van der Waals surface area contributed by atoms with Crippen LogP contribution in [0.1, 0.15) is 25.3 Å². The van der Waals surface area contributed by atoms with E-state index in [0.717, 1.165) is 5.06 Å². The third-order valence-corrected chi connectivity index (χ3v) is 3.92. The normalized spacial score (nSPS) is 12.8.